The molecule has 2 aromatic rings. The lowest BCUT2D eigenvalue weighted by Gasteiger charge is -2.43. The zero-order valence-corrected chi connectivity index (χ0v) is 23.0. The number of methoxy groups -OCH3 is 1. The molecular weight excluding hydrogens is 552 g/mol. The van der Waals surface area contributed by atoms with Gasteiger partial charge in [0, 0.05) is 60.0 Å². The zero-order chi connectivity index (χ0) is 27.0. The number of nitrogens with zero attached hydrogens (tertiary/aromatic N) is 2. The van der Waals surface area contributed by atoms with Crippen molar-refractivity contribution in [1.82, 2.24) is 4.90 Å². The van der Waals surface area contributed by atoms with Gasteiger partial charge in [-0.3, -0.25) is 19.7 Å². The molecule has 0 amide bonds. The summed E-state index contributed by atoms with van der Waals surface area (Å²) in [6.45, 7) is 2.99. The third kappa shape index (κ3) is 4.64. The van der Waals surface area contributed by atoms with Crippen LogP contribution in [0.3, 0.4) is 0 Å². The molecular formula is C29H29BrN2O6. The first-order valence-corrected chi connectivity index (χ1v) is 13.7. The molecule has 0 saturated carbocycles. The van der Waals surface area contributed by atoms with E-state index in [1.165, 1.54) is 12.1 Å². The molecule has 0 aromatic heterocycles. The van der Waals surface area contributed by atoms with Crippen LogP contribution in [0.25, 0.3) is 0 Å². The van der Waals surface area contributed by atoms with Crippen LogP contribution in [0.2, 0.25) is 0 Å². The van der Waals surface area contributed by atoms with Crippen LogP contribution in [0.4, 0.5) is 5.69 Å². The molecule has 38 heavy (non-hydrogen) atoms. The monoisotopic (exact) mass is 580 g/mol. The van der Waals surface area contributed by atoms with E-state index in [2.05, 4.69) is 27.8 Å². The highest BCUT2D eigenvalue weighted by Crippen LogP contribution is 2.51. The smallest absolute Gasteiger partial charge is 0.269 e. The van der Waals surface area contributed by atoms with Crippen LogP contribution in [0.5, 0.6) is 11.5 Å². The van der Waals surface area contributed by atoms with Crippen LogP contribution >= 0.6 is 15.9 Å². The van der Waals surface area contributed by atoms with E-state index in [1.54, 1.807) is 19.2 Å². The number of carbonyl (C=O) groups is 2. The van der Waals surface area contributed by atoms with Gasteiger partial charge in [0.15, 0.2) is 23.1 Å². The molecule has 5 rings (SSSR count). The highest BCUT2D eigenvalue weighted by atomic mass is 79.9. The minimum absolute atomic E-state index is 0.0165. The summed E-state index contributed by atoms with van der Waals surface area (Å²) in [6.07, 6.45) is 4.26. The van der Waals surface area contributed by atoms with E-state index in [1.807, 2.05) is 12.1 Å². The standard InChI is InChI=1S/C29H29BrN2O6/c1-3-31-21-6-4-8-23(33)27(21)26(28-22(31)7-5-9-24(28)34)18-14-20(30)29(25(15-18)37-2)38-16-17-10-12-19(13-11-17)32(35)36/h10-15,26H,3-9,16H2,1-2H3. The van der Waals surface area contributed by atoms with Gasteiger partial charge in [0.1, 0.15) is 6.61 Å². The molecule has 1 heterocycles. The first-order valence-electron chi connectivity index (χ1n) is 12.9. The predicted molar refractivity (Wildman–Crippen MR) is 145 cm³/mol. The number of ether oxygens (including phenoxy) is 2. The number of nitro benzene ring substituents is 1. The van der Waals surface area contributed by atoms with Crippen LogP contribution in [-0.2, 0) is 16.2 Å². The second-order valence-corrected chi connectivity index (χ2v) is 10.6. The second-order valence-electron chi connectivity index (χ2n) is 9.70. The van der Waals surface area contributed by atoms with Crippen LogP contribution in [-0.4, -0.2) is 35.0 Å². The van der Waals surface area contributed by atoms with Crippen LogP contribution in [0, 0.1) is 10.1 Å². The normalized spacial score (nSPS) is 17.9. The van der Waals surface area contributed by atoms with Gasteiger partial charge in [-0.1, -0.05) is 0 Å². The molecule has 8 nitrogen and oxygen atoms in total. The van der Waals surface area contributed by atoms with E-state index in [4.69, 9.17) is 9.47 Å². The van der Waals surface area contributed by atoms with Crippen molar-refractivity contribution in [1.29, 1.82) is 0 Å². The topological polar surface area (TPSA) is 99.0 Å². The first kappa shape index (κ1) is 26.2. The summed E-state index contributed by atoms with van der Waals surface area (Å²) in [6, 6.07) is 9.96. The molecule has 0 fully saturated rings. The van der Waals surface area contributed by atoms with E-state index in [0.29, 0.717) is 28.8 Å². The number of hydrogen-bond acceptors (Lipinski definition) is 7. The number of benzene rings is 2. The Bertz CT molecular complexity index is 1330. The molecule has 0 radical (unpaired) electrons. The van der Waals surface area contributed by atoms with Crippen molar-refractivity contribution in [2.24, 2.45) is 0 Å². The molecule has 3 aliphatic rings. The number of non-ortho nitro benzene ring substituents is 1. The fourth-order valence-corrected chi connectivity index (χ4v) is 6.42. The zero-order valence-electron chi connectivity index (χ0n) is 21.4. The number of nitro groups is 1. The molecule has 0 bridgehead atoms. The third-order valence-electron chi connectivity index (χ3n) is 7.52. The molecule has 198 valence electrons. The molecule has 2 aliphatic carbocycles. The third-order valence-corrected chi connectivity index (χ3v) is 8.11. The lowest BCUT2D eigenvalue weighted by atomic mass is 9.71. The lowest BCUT2D eigenvalue weighted by Crippen LogP contribution is -2.39. The highest BCUT2D eigenvalue weighted by molar-refractivity contribution is 9.10. The Hall–Kier alpha value is -3.46. The Morgan fingerprint density at radius 1 is 1.00 bits per heavy atom. The molecule has 0 atom stereocenters. The van der Waals surface area contributed by atoms with E-state index in [0.717, 1.165) is 65.9 Å². The number of hydrogen-bond donors (Lipinski definition) is 0. The quantitative estimate of drug-likeness (QED) is 0.277. The van der Waals surface area contributed by atoms with Gasteiger partial charge < -0.3 is 14.4 Å². The van der Waals surface area contributed by atoms with Gasteiger partial charge in [0.2, 0.25) is 0 Å². The Balaban J connectivity index is 1.54. The Morgan fingerprint density at radius 3 is 2.13 bits per heavy atom. The van der Waals surface area contributed by atoms with Crippen molar-refractivity contribution < 1.29 is 24.0 Å². The fourth-order valence-electron chi connectivity index (χ4n) is 5.85. The van der Waals surface area contributed by atoms with Crippen LogP contribution in [0.1, 0.15) is 62.5 Å². The van der Waals surface area contributed by atoms with E-state index < -0.39 is 10.8 Å². The van der Waals surface area contributed by atoms with Crippen molar-refractivity contribution in [3.05, 3.63) is 84.7 Å². The van der Waals surface area contributed by atoms with Crippen molar-refractivity contribution in [2.45, 2.75) is 58.0 Å². The molecule has 0 saturated heterocycles. The van der Waals surface area contributed by atoms with Gasteiger partial charge in [-0.15, -0.1) is 0 Å². The maximum atomic E-state index is 13.4. The summed E-state index contributed by atoms with van der Waals surface area (Å²) in [4.78, 5) is 39.4. The summed E-state index contributed by atoms with van der Waals surface area (Å²) >= 11 is 3.63. The highest BCUT2D eigenvalue weighted by Gasteiger charge is 2.43. The molecule has 0 unspecified atom stereocenters. The average Bonchev–Trinajstić information content (AvgIpc) is 2.91. The minimum atomic E-state index is -0.441. The largest absolute Gasteiger partial charge is 0.493 e. The summed E-state index contributed by atoms with van der Waals surface area (Å²) in [5.74, 6) is 0.734. The summed E-state index contributed by atoms with van der Waals surface area (Å²) < 4.78 is 12.4. The van der Waals surface area contributed by atoms with Gasteiger partial charge in [0.25, 0.3) is 5.69 Å². The molecule has 0 spiro atoms. The number of carbonyl (C=O) groups excluding carboxylic acids is 2. The lowest BCUT2D eigenvalue weighted by molar-refractivity contribution is -0.384. The summed E-state index contributed by atoms with van der Waals surface area (Å²) in [5.41, 5.74) is 5.18. The summed E-state index contributed by atoms with van der Waals surface area (Å²) in [7, 11) is 1.55. The predicted octanol–water partition coefficient (Wildman–Crippen LogP) is 6.38. The number of ketones is 2. The maximum absolute atomic E-state index is 13.4. The molecule has 0 N–H and O–H groups in total. The number of Topliss-reactive ketones (excluding diaryl/α,β-unsaturated/α-hetero) is 2. The summed E-state index contributed by atoms with van der Waals surface area (Å²) in [5, 5.41) is 10.9. The van der Waals surface area contributed by atoms with Crippen LogP contribution < -0.4 is 9.47 Å². The van der Waals surface area contributed by atoms with Crippen molar-refractivity contribution in [3.63, 3.8) is 0 Å². The van der Waals surface area contributed by atoms with Crippen LogP contribution in [0.15, 0.2) is 63.4 Å². The molecule has 1 aliphatic heterocycles. The van der Waals surface area contributed by atoms with Gasteiger partial charge in [0.05, 0.1) is 16.5 Å². The SMILES string of the molecule is CCN1C2=C(C(=O)CCC2)C(c2cc(Br)c(OCc3ccc([N+](=O)[O-])cc3)c(OC)c2)C2=C1CCCC2=O. The second kappa shape index (κ2) is 10.7. The maximum Gasteiger partial charge on any atom is 0.269 e. The van der Waals surface area contributed by atoms with E-state index in [9.17, 15) is 19.7 Å². The Labute approximate surface area is 229 Å². The average molecular weight is 581 g/mol. The van der Waals surface area contributed by atoms with Crippen molar-refractivity contribution in [3.8, 4) is 11.5 Å². The number of allylic oxidation sites excluding steroid dienone is 4. The Kier molecular flexibility index (Phi) is 7.38. The molecule has 2 aromatic carbocycles. The minimum Gasteiger partial charge on any atom is -0.493 e. The van der Waals surface area contributed by atoms with Crippen molar-refractivity contribution >= 4 is 33.2 Å². The number of rotatable bonds is 7. The first-order chi connectivity index (χ1) is 18.3. The van der Waals surface area contributed by atoms with E-state index in [-0.39, 0.29) is 23.9 Å². The van der Waals surface area contributed by atoms with E-state index >= 15 is 0 Å². The van der Waals surface area contributed by atoms with Gasteiger partial charge in [-0.2, -0.15) is 0 Å². The van der Waals surface area contributed by atoms with Gasteiger partial charge in [-0.05, 0) is 83.9 Å². The molecule has 9 heteroatoms. The van der Waals surface area contributed by atoms with Gasteiger partial charge >= 0.3 is 0 Å². The fraction of sp³-hybridized carbons (Fsp3) is 0.379. The Morgan fingerprint density at radius 2 is 1.61 bits per heavy atom. The van der Waals surface area contributed by atoms with Gasteiger partial charge in [-0.25, -0.2) is 0 Å². The number of halogens is 1. The van der Waals surface area contributed by atoms with Crippen molar-refractivity contribution in [2.75, 3.05) is 13.7 Å².